The largest absolute Gasteiger partial charge is 0.328 e. The molecule has 0 unspecified atom stereocenters. The van der Waals surface area contributed by atoms with Gasteiger partial charge in [-0.15, -0.1) is 0 Å². The first-order valence-electron chi connectivity index (χ1n) is 7.18. The Morgan fingerprint density at radius 1 is 0.938 bits per heavy atom. The lowest BCUT2D eigenvalue weighted by atomic mass is 10.1. The van der Waals surface area contributed by atoms with E-state index in [1.54, 1.807) is 0 Å². The minimum Gasteiger partial charge on any atom is -0.328 e. The fourth-order valence-electron chi connectivity index (χ4n) is 2.60. The molecule has 0 saturated carbocycles. The third-order valence-corrected chi connectivity index (χ3v) is 3.80. The highest BCUT2D eigenvalue weighted by Crippen LogP contribution is 2.10. The van der Waals surface area contributed by atoms with Crippen LogP contribution >= 0.6 is 0 Å². The van der Waals surface area contributed by atoms with Crippen molar-refractivity contribution in [2.24, 2.45) is 0 Å². The van der Waals surface area contributed by atoms with Gasteiger partial charge in [0.05, 0.1) is 27.2 Å². The van der Waals surface area contributed by atoms with E-state index in [2.05, 4.69) is 25.9 Å². The molecule has 0 spiro atoms. The van der Waals surface area contributed by atoms with Gasteiger partial charge in [0.2, 0.25) is 0 Å². The van der Waals surface area contributed by atoms with Gasteiger partial charge in [-0.1, -0.05) is 19.8 Å². The van der Waals surface area contributed by atoms with Crippen molar-refractivity contribution in [2.45, 2.75) is 45.4 Å². The highest BCUT2D eigenvalue weighted by molar-refractivity contribution is 4.63. The van der Waals surface area contributed by atoms with Gasteiger partial charge in [-0.05, 0) is 32.4 Å². The number of piperidine rings is 1. The summed E-state index contributed by atoms with van der Waals surface area (Å²) in [4.78, 5) is 2.66. The number of unbranched alkanes of at least 4 members (excludes halogenated alkanes) is 1. The monoisotopic (exact) mass is 227 g/mol. The van der Waals surface area contributed by atoms with Crippen molar-refractivity contribution in [1.82, 2.24) is 4.90 Å². The second-order valence-corrected chi connectivity index (χ2v) is 5.99. The van der Waals surface area contributed by atoms with E-state index in [4.69, 9.17) is 0 Å². The zero-order valence-electron chi connectivity index (χ0n) is 11.7. The van der Waals surface area contributed by atoms with Gasteiger partial charge in [0, 0.05) is 13.0 Å². The molecule has 0 atom stereocenters. The molecule has 0 radical (unpaired) electrons. The van der Waals surface area contributed by atoms with E-state index in [0.29, 0.717) is 0 Å². The van der Waals surface area contributed by atoms with Crippen LogP contribution in [0.3, 0.4) is 0 Å². The van der Waals surface area contributed by atoms with E-state index in [1.807, 2.05) is 0 Å². The lowest BCUT2D eigenvalue weighted by Crippen LogP contribution is -2.42. The summed E-state index contributed by atoms with van der Waals surface area (Å²) in [6.07, 6.45) is 8.37. The minimum atomic E-state index is 1.21. The summed E-state index contributed by atoms with van der Waals surface area (Å²) in [7, 11) is 4.76. The Balaban J connectivity index is 2.08. The summed E-state index contributed by atoms with van der Waals surface area (Å²) in [5, 5.41) is 0. The molecule has 1 heterocycles. The summed E-state index contributed by atoms with van der Waals surface area (Å²) >= 11 is 0. The van der Waals surface area contributed by atoms with Gasteiger partial charge in [-0.25, -0.2) is 0 Å². The van der Waals surface area contributed by atoms with Crippen LogP contribution in [0.4, 0.5) is 0 Å². The molecule has 2 nitrogen and oxygen atoms in total. The molecule has 0 aromatic carbocycles. The molecule has 0 aromatic rings. The molecule has 0 N–H and O–H groups in total. The number of hydrogen-bond donors (Lipinski definition) is 0. The average Bonchev–Trinajstić information content (AvgIpc) is 2.28. The summed E-state index contributed by atoms with van der Waals surface area (Å²) in [5.74, 6) is 0. The van der Waals surface area contributed by atoms with E-state index < -0.39 is 0 Å². The fraction of sp³-hybridized carbons (Fsp3) is 1.00. The predicted molar refractivity (Wildman–Crippen MR) is 71.7 cm³/mol. The Morgan fingerprint density at radius 3 is 2.19 bits per heavy atom. The summed E-state index contributed by atoms with van der Waals surface area (Å²) < 4.78 is 1.21. The quantitative estimate of drug-likeness (QED) is 0.605. The van der Waals surface area contributed by atoms with E-state index in [1.165, 1.54) is 75.7 Å². The Kier molecular flexibility index (Phi) is 6.37. The molecule has 0 aliphatic carbocycles. The molecule has 1 rings (SSSR count). The fourth-order valence-corrected chi connectivity index (χ4v) is 2.60. The van der Waals surface area contributed by atoms with Gasteiger partial charge in [0.15, 0.2) is 0 Å². The second kappa shape index (κ2) is 7.29. The summed E-state index contributed by atoms with van der Waals surface area (Å²) in [6, 6.07) is 0. The molecule has 2 heteroatoms. The maximum atomic E-state index is 2.66. The number of quaternary nitrogens is 1. The Morgan fingerprint density at radius 2 is 1.56 bits per heavy atom. The summed E-state index contributed by atoms with van der Waals surface area (Å²) in [5.41, 5.74) is 0. The van der Waals surface area contributed by atoms with Crippen LogP contribution in [0.25, 0.3) is 0 Å². The predicted octanol–water partition coefficient (Wildman–Crippen LogP) is 2.74. The molecule has 0 amide bonds. The minimum absolute atomic E-state index is 1.21. The molecule has 1 aliphatic rings. The topological polar surface area (TPSA) is 3.24 Å². The number of rotatable bonds is 7. The van der Waals surface area contributed by atoms with Crippen molar-refractivity contribution >= 4 is 0 Å². The molecule has 0 bridgehead atoms. The van der Waals surface area contributed by atoms with E-state index in [0.717, 1.165) is 0 Å². The first-order chi connectivity index (χ1) is 7.64. The third-order valence-electron chi connectivity index (χ3n) is 3.80. The van der Waals surface area contributed by atoms with Crippen LogP contribution in [0.1, 0.15) is 45.4 Å². The van der Waals surface area contributed by atoms with Crippen molar-refractivity contribution in [2.75, 3.05) is 46.8 Å². The van der Waals surface area contributed by atoms with Crippen LogP contribution in [-0.2, 0) is 0 Å². The first-order valence-corrected chi connectivity index (χ1v) is 7.18. The molecule has 0 aromatic heterocycles. The first kappa shape index (κ1) is 14.0. The van der Waals surface area contributed by atoms with Gasteiger partial charge in [0.25, 0.3) is 0 Å². The van der Waals surface area contributed by atoms with Gasteiger partial charge in [-0.2, -0.15) is 0 Å². The maximum Gasteiger partial charge on any atom is 0.0794 e. The second-order valence-electron chi connectivity index (χ2n) is 5.99. The van der Waals surface area contributed by atoms with E-state index >= 15 is 0 Å². The van der Waals surface area contributed by atoms with Crippen LogP contribution in [0, 0.1) is 0 Å². The molecule has 96 valence electrons. The van der Waals surface area contributed by atoms with Crippen LogP contribution < -0.4 is 0 Å². The van der Waals surface area contributed by atoms with Crippen molar-refractivity contribution in [3.8, 4) is 0 Å². The van der Waals surface area contributed by atoms with Crippen LogP contribution in [0.5, 0.6) is 0 Å². The van der Waals surface area contributed by atoms with Crippen molar-refractivity contribution in [3.05, 3.63) is 0 Å². The highest BCUT2D eigenvalue weighted by atomic mass is 15.3. The lowest BCUT2D eigenvalue weighted by Gasteiger charge is -2.32. The van der Waals surface area contributed by atoms with Crippen LogP contribution in [0.15, 0.2) is 0 Å². The van der Waals surface area contributed by atoms with Crippen molar-refractivity contribution < 1.29 is 4.48 Å². The van der Waals surface area contributed by atoms with E-state index in [-0.39, 0.29) is 0 Å². The SMILES string of the molecule is CCCC[N+](C)(C)CCCN1CCCCC1. The molecular formula is C14H31N2+. The van der Waals surface area contributed by atoms with Gasteiger partial charge >= 0.3 is 0 Å². The van der Waals surface area contributed by atoms with Gasteiger partial charge < -0.3 is 9.38 Å². The highest BCUT2D eigenvalue weighted by Gasteiger charge is 2.15. The zero-order chi connectivity index (χ0) is 11.9. The van der Waals surface area contributed by atoms with Crippen LogP contribution in [-0.4, -0.2) is 56.2 Å². The molecule has 1 aliphatic heterocycles. The van der Waals surface area contributed by atoms with Gasteiger partial charge in [0.1, 0.15) is 0 Å². The van der Waals surface area contributed by atoms with Crippen molar-refractivity contribution in [3.63, 3.8) is 0 Å². The Hall–Kier alpha value is -0.0800. The number of likely N-dealkylation sites (tertiary alicyclic amines) is 1. The van der Waals surface area contributed by atoms with Gasteiger partial charge in [-0.3, -0.25) is 0 Å². The Labute approximate surface area is 102 Å². The lowest BCUT2D eigenvalue weighted by molar-refractivity contribution is -0.890. The number of nitrogens with zero attached hydrogens (tertiary/aromatic N) is 2. The standard InChI is InChI=1S/C14H31N2/c1-4-5-13-16(2,3)14-9-12-15-10-7-6-8-11-15/h4-14H2,1-3H3/q+1. The van der Waals surface area contributed by atoms with Crippen LogP contribution in [0.2, 0.25) is 0 Å². The van der Waals surface area contributed by atoms with E-state index in [9.17, 15) is 0 Å². The Bertz CT molecular complexity index is 172. The maximum absolute atomic E-state index is 2.66. The molecule has 1 fully saturated rings. The third kappa shape index (κ3) is 5.86. The normalized spacial score (nSPS) is 18.9. The molecule has 16 heavy (non-hydrogen) atoms. The summed E-state index contributed by atoms with van der Waals surface area (Å²) in [6.45, 7) is 9.00. The molecular weight excluding hydrogens is 196 g/mol. The molecule has 1 saturated heterocycles. The zero-order valence-corrected chi connectivity index (χ0v) is 11.7. The van der Waals surface area contributed by atoms with Crippen molar-refractivity contribution in [1.29, 1.82) is 0 Å². The average molecular weight is 227 g/mol. The smallest absolute Gasteiger partial charge is 0.0794 e. The number of hydrogen-bond acceptors (Lipinski definition) is 1.